The standard InChI is InChI=1S/C14H16ClFN2OS/c1-3-17-7-13-12(8-19-2)18-14(20-13)10-6-9(15)4-5-11(10)16/h4-6,17H,3,7-8H2,1-2H3. The lowest BCUT2D eigenvalue weighted by Crippen LogP contribution is -2.12. The molecule has 0 amide bonds. The van der Waals surface area contributed by atoms with Gasteiger partial charge < -0.3 is 10.1 Å². The number of thiazole rings is 1. The van der Waals surface area contributed by atoms with Gasteiger partial charge in [0.1, 0.15) is 10.8 Å². The second-order valence-electron chi connectivity index (χ2n) is 4.23. The van der Waals surface area contributed by atoms with Crippen molar-refractivity contribution in [2.24, 2.45) is 0 Å². The third kappa shape index (κ3) is 3.55. The molecular weight excluding hydrogens is 299 g/mol. The molecule has 1 heterocycles. The Labute approximate surface area is 126 Å². The average Bonchev–Trinajstić information content (AvgIpc) is 2.82. The van der Waals surface area contributed by atoms with E-state index >= 15 is 0 Å². The van der Waals surface area contributed by atoms with E-state index in [-0.39, 0.29) is 5.82 Å². The molecule has 0 bridgehead atoms. The number of hydrogen-bond donors (Lipinski definition) is 1. The van der Waals surface area contributed by atoms with Crippen molar-refractivity contribution in [3.8, 4) is 10.6 Å². The molecule has 1 N–H and O–H groups in total. The van der Waals surface area contributed by atoms with E-state index in [0.717, 1.165) is 17.1 Å². The highest BCUT2D eigenvalue weighted by atomic mass is 35.5. The van der Waals surface area contributed by atoms with Gasteiger partial charge in [-0.25, -0.2) is 9.37 Å². The molecule has 0 unspecified atom stereocenters. The number of hydrogen-bond acceptors (Lipinski definition) is 4. The van der Waals surface area contributed by atoms with Gasteiger partial charge >= 0.3 is 0 Å². The zero-order chi connectivity index (χ0) is 14.5. The Balaban J connectivity index is 2.38. The molecule has 0 aliphatic rings. The lowest BCUT2D eigenvalue weighted by Gasteiger charge is -2.00. The third-order valence-electron chi connectivity index (χ3n) is 2.75. The van der Waals surface area contributed by atoms with Crippen LogP contribution in [0.2, 0.25) is 5.02 Å². The van der Waals surface area contributed by atoms with Crippen molar-refractivity contribution in [3.63, 3.8) is 0 Å². The van der Waals surface area contributed by atoms with E-state index in [4.69, 9.17) is 16.3 Å². The van der Waals surface area contributed by atoms with Gasteiger partial charge in [0.2, 0.25) is 0 Å². The van der Waals surface area contributed by atoms with E-state index in [2.05, 4.69) is 10.3 Å². The zero-order valence-corrected chi connectivity index (χ0v) is 12.9. The first-order valence-electron chi connectivity index (χ1n) is 6.29. The lowest BCUT2D eigenvalue weighted by atomic mass is 10.2. The minimum atomic E-state index is -0.317. The van der Waals surface area contributed by atoms with E-state index in [1.807, 2.05) is 6.92 Å². The average molecular weight is 315 g/mol. The largest absolute Gasteiger partial charge is 0.378 e. The van der Waals surface area contributed by atoms with Crippen molar-refractivity contribution < 1.29 is 9.13 Å². The first-order valence-corrected chi connectivity index (χ1v) is 7.48. The summed E-state index contributed by atoms with van der Waals surface area (Å²) >= 11 is 7.39. The fourth-order valence-corrected chi connectivity index (χ4v) is 3.01. The molecule has 1 aromatic carbocycles. The summed E-state index contributed by atoms with van der Waals surface area (Å²) in [4.78, 5) is 5.54. The van der Waals surface area contributed by atoms with Crippen LogP contribution in [0.5, 0.6) is 0 Å². The van der Waals surface area contributed by atoms with E-state index in [0.29, 0.717) is 28.7 Å². The Kier molecular flexibility index (Phi) is 5.48. The number of methoxy groups -OCH3 is 1. The molecule has 2 rings (SSSR count). The van der Waals surface area contributed by atoms with Crippen molar-refractivity contribution in [2.45, 2.75) is 20.1 Å². The Morgan fingerprint density at radius 1 is 1.45 bits per heavy atom. The van der Waals surface area contributed by atoms with Crippen LogP contribution in [0.15, 0.2) is 18.2 Å². The quantitative estimate of drug-likeness (QED) is 0.879. The normalized spacial score (nSPS) is 11.0. The van der Waals surface area contributed by atoms with E-state index in [1.165, 1.54) is 23.5 Å². The summed E-state index contributed by atoms with van der Waals surface area (Å²) in [6.45, 7) is 4.02. The number of ether oxygens (including phenoxy) is 1. The highest BCUT2D eigenvalue weighted by Gasteiger charge is 2.15. The predicted octanol–water partition coefficient (Wildman–Crippen LogP) is 3.86. The zero-order valence-electron chi connectivity index (χ0n) is 11.4. The van der Waals surface area contributed by atoms with Crippen LogP contribution in [0.1, 0.15) is 17.5 Å². The summed E-state index contributed by atoms with van der Waals surface area (Å²) in [5.74, 6) is -0.317. The number of aromatic nitrogens is 1. The third-order valence-corrected chi connectivity index (χ3v) is 4.12. The molecule has 20 heavy (non-hydrogen) atoms. The Hall–Kier alpha value is -1.01. The van der Waals surface area contributed by atoms with Crippen LogP contribution in [0.4, 0.5) is 4.39 Å². The SMILES string of the molecule is CCNCc1sc(-c2cc(Cl)ccc2F)nc1COC. The first kappa shape index (κ1) is 15.4. The summed E-state index contributed by atoms with van der Waals surface area (Å²) in [7, 11) is 1.62. The highest BCUT2D eigenvalue weighted by molar-refractivity contribution is 7.15. The van der Waals surface area contributed by atoms with Gasteiger partial charge in [-0.2, -0.15) is 0 Å². The minimum absolute atomic E-state index is 0.317. The maximum absolute atomic E-state index is 13.9. The summed E-state index contributed by atoms with van der Waals surface area (Å²) in [5.41, 5.74) is 1.27. The molecule has 0 fully saturated rings. The Morgan fingerprint density at radius 3 is 2.95 bits per heavy atom. The van der Waals surface area contributed by atoms with Gasteiger partial charge in [-0.05, 0) is 24.7 Å². The van der Waals surface area contributed by atoms with Gasteiger partial charge in [0, 0.05) is 29.1 Å². The molecule has 0 spiro atoms. The number of halogens is 2. The molecule has 3 nitrogen and oxygen atoms in total. The molecule has 1 aromatic heterocycles. The predicted molar refractivity (Wildman–Crippen MR) is 80.6 cm³/mol. The fourth-order valence-electron chi connectivity index (χ4n) is 1.79. The monoisotopic (exact) mass is 314 g/mol. The molecule has 0 aliphatic carbocycles. The molecule has 2 aromatic rings. The summed E-state index contributed by atoms with van der Waals surface area (Å²) < 4.78 is 19.0. The Bertz CT molecular complexity index is 589. The Morgan fingerprint density at radius 2 is 2.25 bits per heavy atom. The van der Waals surface area contributed by atoms with Crippen molar-refractivity contribution >= 4 is 22.9 Å². The van der Waals surface area contributed by atoms with Gasteiger partial charge in [0.25, 0.3) is 0 Å². The van der Waals surface area contributed by atoms with Gasteiger partial charge in [-0.15, -0.1) is 11.3 Å². The lowest BCUT2D eigenvalue weighted by molar-refractivity contribution is 0.181. The molecule has 108 valence electrons. The molecule has 0 saturated heterocycles. The van der Waals surface area contributed by atoms with Crippen LogP contribution in [-0.2, 0) is 17.9 Å². The number of nitrogens with zero attached hydrogens (tertiary/aromatic N) is 1. The van der Waals surface area contributed by atoms with Crippen LogP contribution in [0.25, 0.3) is 10.6 Å². The van der Waals surface area contributed by atoms with Crippen LogP contribution in [0, 0.1) is 5.82 Å². The fraction of sp³-hybridized carbons (Fsp3) is 0.357. The van der Waals surface area contributed by atoms with Gasteiger partial charge in [0.15, 0.2) is 0 Å². The van der Waals surface area contributed by atoms with Crippen LogP contribution in [0.3, 0.4) is 0 Å². The van der Waals surface area contributed by atoms with Crippen LogP contribution >= 0.6 is 22.9 Å². The second kappa shape index (κ2) is 7.13. The van der Waals surface area contributed by atoms with Gasteiger partial charge in [0.05, 0.1) is 12.3 Å². The summed E-state index contributed by atoms with van der Waals surface area (Å²) in [5, 5.41) is 4.38. The molecule has 0 radical (unpaired) electrons. The molecule has 6 heteroatoms. The first-order chi connectivity index (χ1) is 9.65. The minimum Gasteiger partial charge on any atom is -0.378 e. The van der Waals surface area contributed by atoms with E-state index in [9.17, 15) is 4.39 Å². The molecule has 0 atom stereocenters. The topological polar surface area (TPSA) is 34.2 Å². The van der Waals surface area contributed by atoms with Crippen molar-refractivity contribution in [3.05, 3.63) is 39.6 Å². The smallest absolute Gasteiger partial charge is 0.133 e. The van der Waals surface area contributed by atoms with Crippen LogP contribution < -0.4 is 5.32 Å². The van der Waals surface area contributed by atoms with Crippen LogP contribution in [-0.4, -0.2) is 18.6 Å². The van der Waals surface area contributed by atoms with Crippen molar-refractivity contribution in [2.75, 3.05) is 13.7 Å². The molecule has 0 saturated carbocycles. The second-order valence-corrected chi connectivity index (χ2v) is 5.75. The van der Waals surface area contributed by atoms with Gasteiger partial charge in [-0.1, -0.05) is 18.5 Å². The number of nitrogens with one attached hydrogen (secondary N) is 1. The maximum Gasteiger partial charge on any atom is 0.133 e. The molecule has 0 aliphatic heterocycles. The van der Waals surface area contributed by atoms with E-state index in [1.54, 1.807) is 13.2 Å². The summed E-state index contributed by atoms with van der Waals surface area (Å²) in [6, 6.07) is 4.49. The summed E-state index contributed by atoms with van der Waals surface area (Å²) in [6.07, 6.45) is 0. The van der Waals surface area contributed by atoms with E-state index < -0.39 is 0 Å². The molecular formula is C14H16ClFN2OS. The number of rotatable bonds is 6. The van der Waals surface area contributed by atoms with Crippen molar-refractivity contribution in [1.29, 1.82) is 0 Å². The van der Waals surface area contributed by atoms with Crippen molar-refractivity contribution in [1.82, 2.24) is 10.3 Å². The maximum atomic E-state index is 13.9. The highest BCUT2D eigenvalue weighted by Crippen LogP contribution is 2.32. The van der Waals surface area contributed by atoms with Gasteiger partial charge in [-0.3, -0.25) is 0 Å². The number of benzene rings is 1.